The van der Waals surface area contributed by atoms with Gasteiger partial charge in [0.05, 0.1) is 0 Å². The van der Waals surface area contributed by atoms with Gasteiger partial charge >= 0.3 is 0 Å². The number of carbonyl (C=O) groups excluding carboxylic acids is 2. The number of nitrogens with one attached hydrogen (secondary N) is 1. The zero-order valence-electron chi connectivity index (χ0n) is 16.8. The molecule has 1 atom stereocenters. The molecule has 0 radical (unpaired) electrons. The summed E-state index contributed by atoms with van der Waals surface area (Å²) < 4.78 is 14.1. The maximum absolute atomic E-state index is 14.1. The van der Waals surface area contributed by atoms with Gasteiger partial charge in [0.2, 0.25) is 11.8 Å². The fraction of sp³-hybridized carbons (Fsp3) is 0.391. The van der Waals surface area contributed by atoms with E-state index in [9.17, 15) is 14.0 Å². The van der Waals surface area contributed by atoms with Crippen LogP contribution in [-0.2, 0) is 22.6 Å². The molecule has 0 aromatic heterocycles. The number of nitrogens with zero attached hydrogens (tertiary/aromatic N) is 1. The quantitative estimate of drug-likeness (QED) is 0.712. The van der Waals surface area contributed by atoms with Crippen LogP contribution in [0.4, 0.5) is 4.39 Å². The summed E-state index contributed by atoms with van der Waals surface area (Å²) in [4.78, 5) is 27.0. The number of rotatable bonds is 9. The zero-order chi connectivity index (χ0) is 20.5. The number of hydrogen-bond acceptors (Lipinski definition) is 2. The SMILES string of the molecule is CC(C)CNC(=O)[C@@H](C)N(Cc1ccccc1F)C(=O)CCc1ccccc1. The van der Waals surface area contributed by atoms with Gasteiger partial charge in [0.25, 0.3) is 0 Å². The van der Waals surface area contributed by atoms with Crippen LogP contribution in [0.2, 0.25) is 0 Å². The molecule has 5 heteroatoms. The third-order valence-corrected chi connectivity index (χ3v) is 4.62. The molecule has 0 aliphatic carbocycles. The Morgan fingerprint density at radius 3 is 2.29 bits per heavy atom. The minimum Gasteiger partial charge on any atom is -0.354 e. The van der Waals surface area contributed by atoms with E-state index in [1.807, 2.05) is 44.2 Å². The smallest absolute Gasteiger partial charge is 0.242 e. The van der Waals surface area contributed by atoms with E-state index in [1.165, 1.54) is 11.0 Å². The van der Waals surface area contributed by atoms with Crippen LogP contribution in [0.25, 0.3) is 0 Å². The molecule has 0 saturated heterocycles. The third-order valence-electron chi connectivity index (χ3n) is 4.62. The summed E-state index contributed by atoms with van der Waals surface area (Å²) in [6.07, 6.45) is 0.841. The highest BCUT2D eigenvalue weighted by Gasteiger charge is 2.26. The molecule has 0 unspecified atom stereocenters. The third kappa shape index (κ3) is 6.48. The Balaban J connectivity index is 2.13. The molecule has 1 N–H and O–H groups in total. The van der Waals surface area contributed by atoms with Crippen molar-refractivity contribution in [2.75, 3.05) is 6.54 Å². The summed E-state index contributed by atoms with van der Waals surface area (Å²) in [5, 5.41) is 2.86. The summed E-state index contributed by atoms with van der Waals surface area (Å²) in [7, 11) is 0. The molecule has 0 spiro atoms. The molecule has 2 aromatic carbocycles. The maximum Gasteiger partial charge on any atom is 0.242 e. The van der Waals surface area contributed by atoms with Gasteiger partial charge in [-0.1, -0.05) is 62.4 Å². The first-order valence-electron chi connectivity index (χ1n) is 9.73. The predicted octanol–water partition coefficient (Wildman–Crippen LogP) is 3.95. The van der Waals surface area contributed by atoms with E-state index < -0.39 is 6.04 Å². The van der Waals surface area contributed by atoms with Crippen molar-refractivity contribution >= 4 is 11.8 Å². The average Bonchev–Trinajstić information content (AvgIpc) is 2.69. The average molecular weight is 384 g/mol. The Morgan fingerprint density at radius 1 is 1.00 bits per heavy atom. The van der Waals surface area contributed by atoms with Gasteiger partial charge in [0.1, 0.15) is 11.9 Å². The first-order valence-corrected chi connectivity index (χ1v) is 9.73. The highest BCUT2D eigenvalue weighted by atomic mass is 19.1. The molecule has 0 saturated carbocycles. The summed E-state index contributed by atoms with van der Waals surface area (Å²) in [5.74, 6) is -0.458. The van der Waals surface area contributed by atoms with Gasteiger partial charge in [-0.05, 0) is 30.9 Å². The highest BCUT2D eigenvalue weighted by Crippen LogP contribution is 2.15. The molecule has 150 valence electrons. The van der Waals surface area contributed by atoms with Crippen LogP contribution >= 0.6 is 0 Å². The Morgan fingerprint density at radius 2 is 1.64 bits per heavy atom. The number of hydrogen-bond donors (Lipinski definition) is 1. The molecule has 4 nitrogen and oxygen atoms in total. The first kappa shape index (κ1) is 21.6. The summed E-state index contributed by atoms with van der Waals surface area (Å²) in [5.41, 5.74) is 1.46. The van der Waals surface area contributed by atoms with Crippen molar-refractivity contribution in [2.45, 2.75) is 46.2 Å². The minimum atomic E-state index is -0.679. The van der Waals surface area contributed by atoms with Crippen molar-refractivity contribution in [3.8, 4) is 0 Å². The van der Waals surface area contributed by atoms with Crippen molar-refractivity contribution in [3.05, 3.63) is 71.5 Å². The van der Waals surface area contributed by atoms with Gasteiger partial charge < -0.3 is 10.2 Å². The van der Waals surface area contributed by atoms with Crippen LogP contribution in [0.3, 0.4) is 0 Å². The van der Waals surface area contributed by atoms with Gasteiger partial charge in [-0.15, -0.1) is 0 Å². The van der Waals surface area contributed by atoms with Crippen molar-refractivity contribution in [1.29, 1.82) is 0 Å². The first-order chi connectivity index (χ1) is 13.4. The van der Waals surface area contributed by atoms with Crippen molar-refractivity contribution in [2.24, 2.45) is 5.92 Å². The molecule has 2 amide bonds. The lowest BCUT2D eigenvalue weighted by atomic mass is 10.1. The summed E-state index contributed by atoms with van der Waals surface area (Å²) in [6, 6.07) is 15.4. The van der Waals surface area contributed by atoms with E-state index in [4.69, 9.17) is 0 Å². The molecular formula is C23H29FN2O2. The second-order valence-electron chi connectivity index (χ2n) is 7.41. The van der Waals surface area contributed by atoms with Crippen LogP contribution in [0, 0.1) is 11.7 Å². The van der Waals surface area contributed by atoms with E-state index in [1.54, 1.807) is 25.1 Å². The molecule has 2 aromatic rings. The molecule has 28 heavy (non-hydrogen) atoms. The molecule has 0 aliphatic heterocycles. The topological polar surface area (TPSA) is 49.4 Å². The van der Waals surface area contributed by atoms with E-state index >= 15 is 0 Å². The Bertz CT molecular complexity index is 777. The van der Waals surface area contributed by atoms with Gasteiger partial charge in [0.15, 0.2) is 0 Å². The van der Waals surface area contributed by atoms with Crippen molar-refractivity contribution in [1.82, 2.24) is 10.2 Å². The van der Waals surface area contributed by atoms with Crippen LogP contribution in [0.5, 0.6) is 0 Å². The lowest BCUT2D eigenvalue weighted by Gasteiger charge is -2.29. The Hall–Kier alpha value is -2.69. The van der Waals surface area contributed by atoms with Crippen LogP contribution in [0.15, 0.2) is 54.6 Å². The maximum atomic E-state index is 14.1. The van der Waals surface area contributed by atoms with Crippen LogP contribution in [-0.4, -0.2) is 29.3 Å². The van der Waals surface area contributed by atoms with Crippen LogP contribution in [0.1, 0.15) is 38.3 Å². The van der Waals surface area contributed by atoms with Gasteiger partial charge in [-0.2, -0.15) is 0 Å². The second kappa shape index (κ2) is 10.6. The monoisotopic (exact) mass is 384 g/mol. The molecule has 2 rings (SSSR count). The normalized spacial score (nSPS) is 11.9. The van der Waals surface area contributed by atoms with Crippen molar-refractivity contribution < 1.29 is 14.0 Å². The number of amides is 2. The van der Waals surface area contributed by atoms with E-state index in [0.717, 1.165) is 5.56 Å². The second-order valence-corrected chi connectivity index (χ2v) is 7.41. The Kier molecular flexibility index (Phi) is 8.18. The zero-order valence-corrected chi connectivity index (χ0v) is 16.8. The number of aryl methyl sites for hydroxylation is 1. The van der Waals surface area contributed by atoms with Crippen LogP contribution < -0.4 is 5.32 Å². The molecule has 0 aliphatic rings. The largest absolute Gasteiger partial charge is 0.354 e. The van der Waals surface area contributed by atoms with Crippen molar-refractivity contribution in [3.63, 3.8) is 0 Å². The molecule has 0 bridgehead atoms. The highest BCUT2D eigenvalue weighted by molar-refractivity contribution is 5.87. The predicted molar refractivity (Wildman–Crippen MR) is 109 cm³/mol. The van der Waals surface area contributed by atoms with E-state index in [0.29, 0.717) is 24.4 Å². The fourth-order valence-electron chi connectivity index (χ4n) is 2.88. The number of benzene rings is 2. The standard InChI is InChI=1S/C23H29FN2O2/c1-17(2)15-25-23(28)18(3)26(16-20-11-7-8-12-21(20)24)22(27)14-13-19-9-5-4-6-10-19/h4-12,17-18H,13-16H2,1-3H3,(H,25,28)/t18-/m1/s1. The molecule has 0 fully saturated rings. The van der Waals surface area contributed by atoms with Gasteiger partial charge in [-0.3, -0.25) is 9.59 Å². The van der Waals surface area contributed by atoms with E-state index in [-0.39, 0.29) is 30.6 Å². The Labute approximate surface area is 166 Å². The lowest BCUT2D eigenvalue weighted by Crippen LogP contribution is -2.48. The molecular weight excluding hydrogens is 355 g/mol. The number of carbonyl (C=O) groups is 2. The fourth-order valence-corrected chi connectivity index (χ4v) is 2.88. The van der Waals surface area contributed by atoms with Gasteiger partial charge in [-0.25, -0.2) is 4.39 Å². The van der Waals surface area contributed by atoms with E-state index in [2.05, 4.69) is 5.32 Å². The summed E-state index contributed by atoms with van der Waals surface area (Å²) in [6.45, 7) is 6.31. The minimum absolute atomic E-state index is 0.0660. The number of halogens is 1. The van der Waals surface area contributed by atoms with Gasteiger partial charge in [0, 0.05) is 25.1 Å². The molecule has 0 heterocycles. The lowest BCUT2D eigenvalue weighted by molar-refractivity contribution is -0.140. The summed E-state index contributed by atoms with van der Waals surface area (Å²) >= 11 is 0.